The molecule has 2 aromatic heterocycles. The van der Waals surface area contributed by atoms with Gasteiger partial charge in [-0.05, 0) is 12.1 Å². The van der Waals surface area contributed by atoms with E-state index in [4.69, 9.17) is 19.9 Å². The molecule has 0 bridgehead atoms. The fourth-order valence-electron chi connectivity index (χ4n) is 1.64. The van der Waals surface area contributed by atoms with E-state index in [0.717, 1.165) is 0 Å². The Morgan fingerprint density at radius 1 is 0.889 bits per heavy atom. The molecule has 0 radical (unpaired) electrons. The van der Waals surface area contributed by atoms with Gasteiger partial charge in [-0.15, -0.1) is 0 Å². The van der Waals surface area contributed by atoms with Crippen LogP contribution in [0, 0.1) is 0 Å². The van der Waals surface area contributed by atoms with Crippen LogP contribution < -0.4 is 25.3 Å². The number of anilines is 2. The molecule has 0 spiro atoms. The number of nitrogen functional groups attached to an aromatic ring is 1. The van der Waals surface area contributed by atoms with Gasteiger partial charge >= 0.3 is 6.09 Å². The molecule has 0 aliphatic heterocycles. The Hall–Kier alpha value is -3.95. The Morgan fingerprint density at radius 3 is 2.04 bits per heavy atom. The summed E-state index contributed by atoms with van der Waals surface area (Å²) in [6.45, 7) is 0. The smallest absolute Gasteiger partial charge is 0.418 e. The topological polar surface area (TPSA) is 134 Å². The quantitative estimate of drug-likeness (QED) is 0.708. The van der Waals surface area contributed by atoms with Crippen molar-refractivity contribution in [1.29, 1.82) is 0 Å². The lowest BCUT2D eigenvalue weighted by Gasteiger charge is -2.05. The van der Waals surface area contributed by atoms with Crippen LogP contribution in [0.2, 0.25) is 0 Å². The molecule has 1 aromatic carbocycles. The fraction of sp³-hybridized carbons (Fsp3) is 0.118. The highest BCUT2D eigenvalue weighted by Crippen LogP contribution is 2.11. The SMILES string of the molecule is COc1cnc(N)cn1.COc1cnc(NC(=O)Oc2ccccc2)cn1. The number of nitrogens with zero attached hydrogens (tertiary/aromatic N) is 4. The molecule has 140 valence electrons. The molecule has 0 aliphatic rings. The van der Waals surface area contributed by atoms with Gasteiger partial charge in [-0.1, -0.05) is 18.2 Å². The molecular formula is C17H18N6O4. The fourth-order valence-corrected chi connectivity index (χ4v) is 1.64. The number of ether oxygens (including phenoxy) is 3. The summed E-state index contributed by atoms with van der Waals surface area (Å²) in [5, 5.41) is 2.45. The van der Waals surface area contributed by atoms with Crippen LogP contribution in [-0.2, 0) is 0 Å². The highest BCUT2D eigenvalue weighted by molar-refractivity contribution is 5.84. The third kappa shape index (κ3) is 6.82. The summed E-state index contributed by atoms with van der Waals surface area (Å²) in [5.41, 5.74) is 5.25. The van der Waals surface area contributed by atoms with E-state index in [9.17, 15) is 4.79 Å². The van der Waals surface area contributed by atoms with Gasteiger partial charge in [0.1, 0.15) is 11.6 Å². The largest absolute Gasteiger partial charge is 0.480 e. The van der Waals surface area contributed by atoms with E-state index in [2.05, 4.69) is 25.3 Å². The highest BCUT2D eigenvalue weighted by Gasteiger charge is 2.06. The van der Waals surface area contributed by atoms with E-state index in [1.165, 1.54) is 39.0 Å². The minimum absolute atomic E-state index is 0.289. The normalized spacial score (nSPS) is 9.41. The van der Waals surface area contributed by atoms with Gasteiger partial charge in [0.15, 0.2) is 5.82 Å². The second-order valence-corrected chi connectivity index (χ2v) is 4.76. The molecule has 0 fully saturated rings. The Kier molecular flexibility index (Phi) is 7.27. The van der Waals surface area contributed by atoms with Gasteiger partial charge in [0.25, 0.3) is 0 Å². The van der Waals surface area contributed by atoms with Crippen LogP contribution in [0.5, 0.6) is 17.5 Å². The zero-order valence-corrected chi connectivity index (χ0v) is 14.7. The summed E-state index contributed by atoms with van der Waals surface area (Å²) in [4.78, 5) is 26.9. The van der Waals surface area contributed by atoms with Crippen LogP contribution in [0.1, 0.15) is 0 Å². The van der Waals surface area contributed by atoms with Crippen molar-refractivity contribution in [2.75, 3.05) is 25.3 Å². The van der Waals surface area contributed by atoms with E-state index >= 15 is 0 Å². The molecule has 27 heavy (non-hydrogen) atoms. The zero-order valence-electron chi connectivity index (χ0n) is 14.7. The minimum atomic E-state index is -0.624. The first-order valence-corrected chi connectivity index (χ1v) is 7.62. The molecule has 0 saturated heterocycles. The summed E-state index contributed by atoms with van der Waals surface area (Å²) >= 11 is 0. The van der Waals surface area contributed by atoms with Crippen molar-refractivity contribution in [3.05, 3.63) is 55.1 Å². The summed E-state index contributed by atoms with van der Waals surface area (Å²) in [6.07, 6.45) is 5.07. The van der Waals surface area contributed by atoms with E-state index in [0.29, 0.717) is 23.3 Å². The second-order valence-electron chi connectivity index (χ2n) is 4.76. The number of para-hydroxylation sites is 1. The van der Waals surface area contributed by atoms with Crippen molar-refractivity contribution >= 4 is 17.7 Å². The molecular weight excluding hydrogens is 352 g/mol. The van der Waals surface area contributed by atoms with Crippen LogP contribution in [-0.4, -0.2) is 40.2 Å². The maximum atomic E-state index is 11.5. The van der Waals surface area contributed by atoms with Gasteiger partial charge in [-0.2, -0.15) is 0 Å². The molecule has 10 nitrogen and oxygen atoms in total. The average molecular weight is 370 g/mol. The lowest BCUT2D eigenvalue weighted by molar-refractivity contribution is 0.215. The molecule has 0 atom stereocenters. The number of nitrogens with one attached hydrogen (secondary N) is 1. The van der Waals surface area contributed by atoms with Crippen molar-refractivity contribution in [3.8, 4) is 17.5 Å². The third-order valence-electron chi connectivity index (χ3n) is 2.88. The zero-order chi connectivity index (χ0) is 19.5. The molecule has 3 rings (SSSR count). The summed E-state index contributed by atoms with van der Waals surface area (Å²) < 4.78 is 14.6. The number of aromatic nitrogens is 4. The predicted octanol–water partition coefficient (Wildman–Crippen LogP) is 2.16. The van der Waals surface area contributed by atoms with E-state index in [-0.39, 0.29) is 5.82 Å². The second kappa shape index (κ2) is 10.1. The maximum absolute atomic E-state index is 11.5. The lowest BCUT2D eigenvalue weighted by Crippen LogP contribution is -2.17. The Bertz CT molecular complexity index is 828. The van der Waals surface area contributed by atoms with Crippen molar-refractivity contribution in [2.24, 2.45) is 0 Å². The van der Waals surface area contributed by atoms with Crippen molar-refractivity contribution in [3.63, 3.8) is 0 Å². The van der Waals surface area contributed by atoms with Crippen molar-refractivity contribution in [1.82, 2.24) is 19.9 Å². The molecule has 0 aliphatic carbocycles. The molecule has 3 aromatic rings. The summed E-state index contributed by atoms with van der Waals surface area (Å²) in [6, 6.07) is 8.74. The van der Waals surface area contributed by atoms with Crippen LogP contribution in [0.15, 0.2) is 55.1 Å². The van der Waals surface area contributed by atoms with E-state index < -0.39 is 6.09 Å². The first kappa shape index (κ1) is 19.4. The van der Waals surface area contributed by atoms with Gasteiger partial charge in [0, 0.05) is 0 Å². The highest BCUT2D eigenvalue weighted by atomic mass is 16.6. The maximum Gasteiger partial charge on any atom is 0.418 e. The molecule has 2 heterocycles. The monoisotopic (exact) mass is 370 g/mol. The van der Waals surface area contributed by atoms with Gasteiger partial charge in [-0.25, -0.2) is 24.7 Å². The predicted molar refractivity (Wildman–Crippen MR) is 97.7 cm³/mol. The number of amides is 1. The third-order valence-corrected chi connectivity index (χ3v) is 2.88. The first-order valence-electron chi connectivity index (χ1n) is 7.62. The minimum Gasteiger partial charge on any atom is -0.480 e. The van der Waals surface area contributed by atoms with E-state index in [1.54, 1.807) is 24.3 Å². The number of hydrogen-bond donors (Lipinski definition) is 2. The molecule has 0 unspecified atom stereocenters. The number of carbonyl (C=O) groups is 1. The Morgan fingerprint density at radius 2 is 1.52 bits per heavy atom. The number of methoxy groups -OCH3 is 2. The number of rotatable bonds is 4. The van der Waals surface area contributed by atoms with Gasteiger partial charge < -0.3 is 19.9 Å². The lowest BCUT2D eigenvalue weighted by atomic mass is 10.3. The average Bonchev–Trinajstić information content (AvgIpc) is 2.70. The van der Waals surface area contributed by atoms with Crippen LogP contribution in [0.4, 0.5) is 16.4 Å². The molecule has 3 N–H and O–H groups in total. The number of nitrogens with two attached hydrogens (primary N) is 1. The molecule has 10 heteroatoms. The van der Waals surface area contributed by atoms with Gasteiger partial charge in [-0.3, -0.25) is 5.32 Å². The first-order chi connectivity index (χ1) is 13.1. The van der Waals surface area contributed by atoms with Crippen molar-refractivity contribution in [2.45, 2.75) is 0 Å². The van der Waals surface area contributed by atoms with Gasteiger partial charge in [0.05, 0.1) is 39.0 Å². The Balaban J connectivity index is 0.000000244. The van der Waals surface area contributed by atoms with Crippen LogP contribution in [0.3, 0.4) is 0 Å². The van der Waals surface area contributed by atoms with Gasteiger partial charge in [0.2, 0.25) is 11.8 Å². The molecule has 0 saturated carbocycles. The van der Waals surface area contributed by atoms with Crippen molar-refractivity contribution < 1.29 is 19.0 Å². The Labute approximate surface area is 155 Å². The van der Waals surface area contributed by atoms with Crippen LogP contribution in [0.25, 0.3) is 0 Å². The van der Waals surface area contributed by atoms with E-state index in [1.807, 2.05) is 6.07 Å². The summed E-state index contributed by atoms with van der Waals surface area (Å²) in [5.74, 6) is 1.99. The molecule has 1 amide bonds. The summed E-state index contributed by atoms with van der Waals surface area (Å²) in [7, 11) is 3.01. The standard InChI is InChI=1S/C12H11N3O3.C5H7N3O/c1-17-11-8-13-10(7-14-11)15-12(16)18-9-5-3-2-4-6-9;1-9-5-3-7-4(6)2-8-5/h2-8H,1H3,(H,13,15,16);2-3H,1H3,(H2,6,7). The number of carbonyl (C=O) groups excluding carboxylic acids is 1. The number of hydrogen-bond acceptors (Lipinski definition) is 9. The number of benzene rings is 1. The van der Waals surface area contributed by atoms with Crippen LogP contribution >= 0.6 is 0 Å².